The Bertz CT molecular complexity index is 365. The molecule has 0 aromatic heterocycles. The van der Waals surface area contributed by atoms with Crippen LogP contribution in [0.15, 0.2) is 10.2 Å². The highest BCUT2D eigenvalue weighted by Crippen LogP contribution is 2.21. The van der Waals surface area contributed by atoms with Crippen molar-refractivity contribution in [2.45, 2.75) is 31.9 Å². The van der Waals surface area contributed by atoms with Crippen molar-refractivity contribution >= 4 is 34.5 Å². The molecule has 0 aromatic rings. The zero-order valence-corrected chi connectivity index (χ0v) is 9.84. The van der Waals surface area contributed by atoms with E-state index in [0.29, 0.717) is 5.17 Å². The maximum atomic E-state index is 11.3. The van der Waals surface area contributed by atoms with Gasteiger partial charge in [-0.15, -0.1) is 5.10 Å². The first-order chi connectivity index (χ1) is 7.52. The van der Waals surface area contributed by atoms with E-state index in [1.807, 2.05) is 13.8 Å². The molecule has 0 unspecified atom stereocenters. The molecule has 1 aliphatic rings. The first kappa shape index (κ1) is 12.7. The van der Waals surface area contributed by atoms with Crippen molar-refractivity contribution in [3.63, 3.8) is 0 Å². The molecule has 1 N–H and O–H groups in total. The molecule has 0 aromatic carbocycles. The minimum absolute atomic E-state index is 0.313. The van der Waals surface area contributed by atoms with Gasteiger partial charge in [0.15, 0.2) is 5.17 Å². The minimum Gasteiger partial charge on any atom is -0.550 e. The number of rotatable bonds is 4. The van der Waals surface area contributed by atoms with E-state index in [2.05, 4.69) is 15.5 Å². The second-order valence-corrected chi connectivity index (χ2v) is 4.46. The molecule has 88 valence electrons. The van der Waals surface area contributed by atoms with Crippen molar-refractivity contribution in [2.24, 2.45) is 10.2 Å². The summed E-state index contributed by atoms with van der Waals surface area (Å²) < 4.78 is 0. The monoisotopic (exact) mass is 242 g/mol. The predicted octanol–water partition coefficient (Wildman–Crippen LogP) is -0.500. The lowest BCUT2D eigenvalue weighted by Crippen LogP contribution is -2.31. The summed E-state index contributed by atoms with van der Waals surface area (Å²) in [5, 5.41) is 20.2. The Morgan fingerprint density at radius 2 is 2.31 bits per heavy atom. The van der Waals surface area contributed by atoms with Crippen molar-refractivity contribution in [3.8, 4) is 0 Å². The van der Waals surface area contributed by atoms with Crippen LogP contribution in [0.3, 0.4) is 0 Å². The lowest BCUT2D eigenvalue weighted by molar-refractivity contribution is -0.305. The topological polar surface area (TPSA) is 94.0 Å². The second-order valence-electron chi connectivity index (χ2n) is 3.27. The molecule has 1 atom stereocenters. The largest absolute Gasteiger partial charge is 0.550 e. The van der Waals surface area contributed by atoms with Gasteiger partial charge in [0, 0.05) is 18.1 Å². The summed E-state index contributed by atoms with van der Waals surface area (Å²) in [4.78, 5) is 21.6. The number of carbonyl (C=O) groups is 2. The summed E-state index contributed by atoms with van der Waals surface area (Å²) in [7, 11) is 0. The van der Waals surface area contributed by atoms with Crippen molar-refractivity contribution in [1.29, 1.82) is 0 Å². The van der Waals surface area contributed by atoms with Crippen LogP contribution in [0.2, 0.25) is 0 Å². The molecule has 0 spiro atoms. The standard InChI is InChI=1S/C9H13N3O3S/c1-3-5(2)11-12-9-10-8(15)6(16-9)4-7(13)14/h6H,3-4H2,1-2H3,(H,13,14)(H,10,12,15)/p-1/b11-5+/t6-/m1/s1. The van der Waals surface area contributed by atoms with Gasteiger partial charge in [-0.3, -0.25) is 4.79 Å². The van der Waals surface area contributed by atoms with Gasteiger partial charge in [-0.2, -0.15) is 5.10 Å². The van der Waals surface area contributed by atoms with Crippen molar-refractivity contribution in [2.75, 3.05) is 0 Å². The van der Waals surface area contributed by atoms with E-state index >= 15 is 0 Å². The quantitative estimate of drug-likeness (QED) is 0.531. The second kappa shape index (κ2) is 5.64. The van der Waals surface area contributed by atoms with Gasteiger partial charge in [0.1, 0.15) is 0 Å². The number of amides is 1. The Morgan fingerprint density at radius 3 is 2.88 bits per heavy atom. The number of carbonyl (C=O) groups excluding carboxylic acids is 2. The first-order valence-electron chi connectivity index (χ1n) is 4.81. The number of hydrogen-bond donors (Lipinski definition) is 1. The average Bonchev–Trinajstić information content (AvgIpc) is 2.55. The van der Waals surface area contributed by atoms with Crippen LogP contribution in [0.5, 0.6) is 0 Å². The lowest BCUT2D eigenvalue weighted by atomic mass is 10.3. The third-order valence-electron chi connectivity index (χ3n) is 1.95. The number of nitrogens with one attached hydrogen (secondary N) is 1. The van der Waals surface area contributed by atoms with Crippen LogP contribution in [-0.4, -0.2) is 28.0 Å². The van der Waals surface area contributed by atoms with Gasteiger partial charge in [0.2, 0.25) is 5.91 Å². The molecule has 0 saturated carbocycles. The van der Waals surface area contributed by atoms with Crippen molar-refractivity contribution in [3.05, 3.63) is 0 Å². The van der Waals surface area contributed by atoms with Gasteiger partial charge < -0.3 is 15.2 Å². The van der Waals surface area contributed by atoms with E-state index in [0.717, 1.165) is 23.9 Å². The molecule has 1 saturated heterocycles. The van der Waals surface area contributed by atoms with Crippen LogP contribution in [0.4, 0.5) is 0 Å². The summed E-state index contributed by atoms with van der Waals surface area (Å²) in [6, 6.07) is 0. The smallest absolute Gasteiger partial charge is 0.239 e. The fraction of sp³-hybridized carbons (Fsp3) is 0.556. The van der Waals surface area contributed by atoms with Crippen LogP contribution in [-0.2, 0) is 9.59 Å². The van der Waals surface area contributed by atoms with E-state index in [1.165, 1.54) is 0 Å². The first-order valence-corrected chi connectivity index (χ1v) is 5.69. The molecule has 1 amide bonds. The van der Waals surface area contributed by atoms with Crippen LogP contribution < -0.4 is 10.4 Å². The molecule has 1 aliphatic heterocycles. The number of amidine groups is 1. The molecular weight excluding hydrogens is 230 g/mol. The predicted molar refractivity (Wildman–Crippen MR) is 60.0 cm³/mol. The number of hydrogen-bond acceptors (Lipinski definition) is 6. The third kappa shape index (κ3) is 3.65. The summed E-state index contributed by atoms with van der Waals surface area (Å²) >= 11 is 1.06. The maximum Gasteiger partial charge on any atom is 0.239 e. The number of carboxylic acid groups (broad SMARTS) is 1. The third-order valence-corrected chi connectivity index (χ3v) is 3.02. The molecular formula is C9H12N3O3S-. The number of thioether (sulfide) groups is 1. The Balaban J connectivity index is 2.62. The van der Waals surface area contributed by atoms with Gasteiger partial charge in [0.25, 0.3) is 0 Å². The molecule has 0 bridgehead atoms. The van der Waals surface area contributed by atoms with Crippen LogP contribution in [0, 0.1) is 0 Å². The van der Waals surface area contributed by atoms with Crippen LogP contribution >= 0.6 is 11.8 Å². The zero-order chi connectivity index (χ0) is 12.1. The van der Waals surface area contributed by atoms with Crippen molar-refractivity contribution < 1.29 is 14.7 Å². The number of aliphatic carboxylic acids is 1. The molecule has 0 aliphatic carbocycles. The number of nitrogens with zero attached hydrogens (tertiary/aromatic N) is 2. The van der Waals surface area contributed by atoms with E-state index < -0.39 is 11.2 Å². The van der Waals surface area contributed by atoms with Gasteiger partial charge in [-0.25, -0.2) is 0 Å². The molecule has 0 radical (unpaired) electrons. The van der Waals surface area contributed by atoms with E-state index in [-0.39, 0.29) is 12.3 Å². The van der Waals surface area contributed by atoms with Gasteiger partial charge in [-0.1, -0.05) is 18.7 Å². The molecule has 1 fully saturated rings. The highest BCUT2D eigenvalue weighted by atomic mass is 32.2. The fourth-order valence-corrected chi connectivity index (χ4v) is 1.84. The molecule has 1 rings (SSSR count). The SMILES string of the molecule is CC/C(C)=N/N=C1/NC(=O)[C@@H](CC(=O)[O-])S1. The Kier molecular flexibility index (Phi) is 4.48. The summed E-state index contributed by atoms with van der Waals surface area (Å²) in [6.07, 6.45) is 0.462. The Morgan fingerprint density at radius 1 is 1.62 bits per heavy atom. The average molecular weight is 242 g/mol. The van der Waals surface area contributed by atoms with E-state index in [9.17, 15) is 14.7 Å². The highest BCUT2D eigenvalue weighted by Gasteiger charge is 2.30. The van der Waals surface area contributed by atoms with E-state index in [4.69, 9.17) is 0 Å². The Hall–Kier alpha value is -1.37. The zero-order valence-electron chi connectivity index (χ0n) is 9.02. The molecule has 6 nitrogen and oxygen atoms in total. The van der Waals surface area contributed by atoms with Crippen molar-refractivity contribution in [1.82, 2.24) is 5.32 Å². The van der Waals surface area contributed by atoms with Crippen LogP contribution in [0.1, 0.15) is 26.7 Å². The Labute approximate surface area is 97.2 Å². The normalized spacial score (nSPS) is 23.6. The fourth-order valence-electron chi connectivity index (χ4n) is 0.939. The summed E-state index contributed by atoms with van der Waals surface area (Å²) in [5.74, 6) is -1.61. The summed E-state index contributed by atoms with van der Waals surface area (Å²) in [6.45, 7) is 3.77. The van der Waals surface area contributed by atoms with E-state index in [1.54, 1.807) is 0 Å². The summed E-state index contributed by atoms with van der Waals surface area (Å²) in [5.41, 5.74) is 0.839. The maximum absolute atomic E-state index is 11.3. The van der Waals surface area contributed by atoms with Gasteiger partial charge in [0.05, 0.1) is 5.25 Å². The van der Waals surface area contributed by atoms with Gasteiger partial charge >= 0.3 is 0 Å². The molecule has 1 heterocycles. The molecule has 16 heavy (non-hydrogen) atoms. The van der Waals surface area contributed by atoms with Gasteiger partial charge in [-0.05, 0) is 13.3 Å². The lowest BCUT2D eigenvalue weighted by Gasteiger charge is -2.04. The highest BCUT2D eigenvalue weighted by molar-refractivity contribution is 8.15. The molecule has 7 heteroatoms. The van der Waals surface area contributed by atoms with Crippen LogP contribution in [0.25, 0.3) is 0 Å². The minimum atomic E-state index is -1.25. The number of carboxylic acids is 1.